The second-order valence-electron chi connectivity index (χ2n) is 7.10. The number of nitrogens with zero attached hydrogens (tertiary/aromatic N) is 1. The number of anilines is 2. The monoisotopic (exact) mass is 398 g/mol. The number of methoxy groups -OCH3 is 1. The Kier molecular flexibility index (Phi) is 5.11. The van der Waals surface area contributed by atoms with Crippen LogP contribution in [-0.4, -0.2) is 18.9 Å². The summed E-state index contributed by atoms with van der Waals surface area (Å²) in [7, 11) is 1.55. The van der Waals surface area contributed by atoms with Crippen molar-refractivity contribution in [3.8, 4) is 5.75 Å². The van der Waals surface area contributed by atoms with Crippen LogP contribution in [0.2, 0.25) is 0 Å². The second-order valence-corrected chi connectivity index (χ2v) is 7.10. The van der Waals surface area contributed by atoms with Gasteiger partial charge in [-0.3, -0.25) is 9.59 Å². The lowest BCUT2D eigenvalue weighted by atomic mass is 10.0. The SMILES string of the molecule is COc1ccccc1C1=C(Nc2cccc(C)c2C)C(=O)N(c2ccccc2)C1=O. The third-order valence-corrected chi connectivity index (χ3v) is 5.34. The molecule has 0 aromatic heterocycles. The molecule has 5 nitrogen and oxygen atoms in total. The van der Waals surface area contributed by atoms with Gasteiger partial charge in [0.2, 0.25) is 0 Å². The molecule has 1 aliphatic heterocycles. The Hall–Kier alpha value is -3.86. The summed E-state index contributed by atoms with van der Waals surface area (Å²) >= 11 is 0. The molecule has 30 heavy (non-hydrogen) atoms. The standard InChI is InChI=1S/C25H22N2O3/c1-16-10-9-14-20(17(16)2)26-23-22(19-13-7-8-15-21(19)30-3)24(28)27(25(23)29)18-11-5-4-6-12-18/h4-15,26H,1-3H3. The van der Waals surface area contributed by atoms with Crippen molar-refractivity contribution in [2.24, 2.45) is 0 Å². The summed E-state index contributed by atoms with van der Waals surface area (Å²) in [6.07, 6.45) is 0. The Morgan fingerprint density at radius 2 is 1.50 bits per heavy atom. The van der Waals surface area contributed by atoms with Gasteiger partial charge in [0.05, 0.1) is 18.4 Å². The Balaban J connectivity index is 1.89. The molecule has 0 atom stereocenters. The molecule has 0 unspecified atom stereocenters. The average molecular weight is 398 g/mol. The number of para-hydroxylation sites is 2. The molecule has 1 heterocycles. The van der Waals surface area contributed by atoms with E-state index in [1.807, 2.05) is 50.2 Å². The summed E-state index contributed by atoms with van der Waals surface area (Å²) < 4.78 is 5.48. The maximum atomic E-state index is 13.5. The highest BCUT2D eigenvalue weighted by Crippen LogP contribution is 2.37. The van der Waals surface area contributed by atoms with Crippen LogP contribution in [0.3, 0.4) is 0 Å². The van der Waals surface area contributed by atoms with Crippen molar-refractivity contribution in [1.82, 2.24) is 0 Å². The predicted molar refractivity (Wildman–Crippen MR) is 118 cm³/mol. The molecule has 0 spiro atoms. The summed E-state index contributed by atoms with van der Waals surface area (Å²) in [5, 5.41) is 3.24. The molecule has 4 rings (SSSR count). The Morgan fingerprint density at radius 1 is 0.800 bits per heavy atom. The second kappa shape index (κ2) is 7.87. The van der Waals surface area contributed by atoms with Crippen LogP contribution < -0.4 is 15.0 Å². The zero-order valence-corrected chi connectivity index (χ0v) is 17.1. The molecule has 2 amide bonds. The first-order chi connectivity index (χ1) is 14.5. The highest BCUT2D eigenvalue weighted by atomic mass is 16.5. The highest BCUT2D eigenvalue weighted by molar-refractivity contribution is 6.46. The lowest BCUT2D eigenvalue weighted by Crippen LogP contribution is -2.32. The van der Waals surface area contributed by atoms with E-state index in [0.29, 0.717) is 22.6 Å². The fourth-order valence-corrected chi connectivity index (χ4v) is 3.58. The molecule has 0 aliphatic carbocycles. The number of aryl methyl sites for hydroxylation is 1. The fourth-order valence-electron chi connectivity index (χ4n) is 3.58. The molecule has 1 aliphatic rings. The first-order valence-electron chi connectivity index (χ1n) is 9.67. The summed E-state index contributed by atoms with van der Waals surface area (Å²) in [6, 6.07) is 22.0. The van der Waals surface area contributed by atoms with Crippen LogP contribution in [0.5, 0.6) is 5.75 Å². The summed E-state index contributed by atoms with van der Waals surface area (Å²) in [5.74, 6) is -0.250. The van der Waals surface area contributed by atoms with Gasteiger partial charge in [-0.15, -0.1) is 0 Å². The summed E-state index contributed by atoms with van der Waals surface area (Å²) in [5.41, 5.74) is 4.53. The topological polar surface area (TPSA) is 58.6 Å². The van der Waals surface area contributed by atoms with Crippen LogP contribution in [0, 0.1) is 13.8 Å². The number of hydrogen-bond donors (Lipinski definition) is 1. The normalized spacial score (nSPS) is 13.8. The van der Waals surface area contributed by atoms with Gasteiger partial charge in [0.1, 0.15) is 11.4 Å². The number of carbonyl (C=O) groups is 2. The van der Waals surface area contributed by atoms with Gasteiger partial charge in [0.15, 0.2) is 0 Å². The van der Waals surface area contributed by atoms with Crippen molar-refractivity contribution >= 4 is 28.8 Å². The van der Waals surface area contributed by atoms with Crippen molar-refractivity contribution in [2.45, 2.75) is 13.8 Å². The molecule has 0 radical (unpaired) electrons. The molecule has 0 saturated carbocycles. The van der Waals surface area contributed by atoms with E-state index in [1.165, 1.54) is 4.90 Å². The molecule has 0 bridgehead atoms. The first kappa shape index (κ1) is 19.5. The number of carbonyl (C=O) groups excluding carboxylic acids is 2. The lowest BCUT2D eigenvalue weighted by Gasteiger charge is -2.16. The molecule has 3 aromatic rings. The fraction of sp³-hybridized carbons (Fsp3) is 0.120. The maximum Gasteiger partial charge on any atom is 0.282 e. The zero-order valence-electron chi connectivity index (χ0n) is 17.1. The minimum atomic E-state index is -0.395. The average Bonchev–Trinajstić information content (AvgIpc) is 3.01. The highest BCUT2D eigenvalue weighted by Gasteiger charge is 2.41. The third kappa shape index (κ3) is 3.24. The number of imide groups is 1. The molecule has 3 aromatic carbocycles. The van der Waals surface area contributed by atoms with Crippen LogP contribution in [0.1, 0.15) is 16.7 Å². The molecule has 1 N–H and O–H groups in total. The van der Waals surface area contributed by atoms with Crippen molar-refractivity contribution < 1.29 is 14.3 Å². The molecule has 0 fully saturated rings. The van der Waals surface area contributed by atoms with Gasteiger partial charge in [-0.25, -0.2) is 4.90 Å². The third-order valence-electron chi connectivity index (χ3n) is 5.34. The number of amides is 2. The van der Waals surface area contributed by atoms with Crippen LogP contribution in [0.15, 0.2) is 78.5 Å². The van der Waals surface area contributed by atoms with Crippen LogP contribution in [0.4, 0.5) is 11.4 Å². The van der Waals surface area contributed by atoms with Crippen LogP contribution >= 0.6 is 0 Å². The molecular formula is C25H22N2O3. The largest absolute Gasteiger partial charge is 0.496 e. The number of benzene rings is 3. The van der Waals surface area contributed by atoms with Gasteiger partial charge >= 0.3 is 0 Å². The minimum Gasteiger partial charge on any atom is -0.496 e. The van der Waals surface area contributed by atoms with Crippen molar-refractivity contribution in [3.63, 3.8) is 0 Å². The van der Waals surface area contributed by atoms with Gasteiger partial charge in [-0.1, -0.05) is 48.5 Å². The van der Waals surface area contributed by atoms with Crippen molar-refractivity contribution in [2.75, 3.05) is 17.3 Å². The Bertz CT molecular complexity index is 1170. The van der Waals surface area contributed by atoms with Gasteiger partial charge < -0.3 is 10.1 Å². The van der Waals surface area contributed by atoms with E-state index in [9.17, 15) is 9.59 Å². The maximum absolute atomic E-state index is 13.5. The van der Waals surface area contributed by atoms with Crippen LogP contribution in [0.25, 0.3) is 5.57 Å². The lowest BCUT2D eigenvalue weighted by molar-refractivity contribution is -0.120. The number of nitrogens with one attached hydrogen (secondary N) is 1. The van der Waals surface area contributed by atoms with Crippen LogP contribution in [-0.2, 0) is 9.59 Å². The Labute approximate surface area is 175 Å². The first-order valence-corrected chi connectivity index (χ1v) is 9.67. The molecular weight excluding hydrogens is 376 g/mol. The van der Waals surface area contributed by atoms with Gasteiger partial charge in [0.25, 0.3) is 11.8 Å². The smallest absolute Gasteiger partial charge is 0.282 e. The van der Waals surface area contributed by atoms with E-state index in [2.05, 4.69) is 5.32 Å². The molecule has 5 heteroatoms. The van der Waals surface area contributed by atoms with E-state index >= 15 is 0 Å². The van der Waals surface area contributed by atoms with E-state index < -0.39 is 5.91 Å². The van der Waals surface area contributed by atoms with E-state index in [1.54, 1.807) is 43.5 Å². The predicted octanol–water partition coefficient (Wildman–Crippen LogP) is 4.71. The van der Waals surface area contributed by atoms with E-state index in [-0.39, 0.29) is 11.6 Å². The van der Waals surface area contributed by atoms with Gasteiger partial charge in [-0.05, 0) is 49.2 Å². The van der Waals surface area contributed by atoms with E-state index in [0.717, 1.165) is 16.8 Å². The van der Waals surface area contributed by atoms with Gasteiger partial charge in [-0.2, -0.15) is 0 Å². The van der Waals surface area contributed by atoms with E-state index in [4.69, 9.17) is 4.74 Å². The summed E-state index contributed by atoms with van der Waals surface area (Å²) in [6.45, 7) is 3.99. The Morgan fingerprint density at radius 3 is 2.23 bits per heavy atom. The molecule has 150 valence electrons. The number of ether oxygens (including phenoxy) is 1. The van der Waals surface area contributed by atoms with Gasteiger partial charge in [0, 0.05) is 11.3 Å². The quantitative estimate of drug-likeness (QED) is 0.633. The van der Waals surface area contributed by atoms with Crippen molar-refractivity contribution in [3.05, 3.63) is 95.2 Å². The van der Waals surface area contributed by atoms with Crippen molar-refractivity contribution in [1.29, 1.82) is 0 Å². The molecule has 0 saturated heterocycles. The number of rotatable bonds is 5. The zero-order chi connectivity index (χ0) is 21.3. The summed E-state index contributed by atoms with van der Waals surface area (Å²) in [4.78, 5) is 28.1. The minimum absolute atomic E-state index is 0.238. The number of hydrogen-bond acceptors (Lipinski definition) is 4.